The predicted molar refractivity (Wildman–Crippen MR) is 77.8 cm³/mol. The fraction of sp³-hybridized carbons (Fsp3) is 0.571. The largest absolute Gasteiger partial charge is 0.490 e. The van der Waals surface area contributed by atoms with Crippen LogP contribution in [0.1, 0.15) is 38.2 Å². The van der Waals surface area contributed by atoms with Gasteiger partial charge in [0.25, 0.3) is 5.69 Å². The average molecular weight is 328 g/mol. The Morgan fingerprint density at radius 1 is 1.47 bits per heavy atom. The molecule has 1 aromatic rings. The van der Waals surface area contributed by atoms with Crippen LogP contribution in [-0.4, -0.2) is 11.0 Å². The van der Waals surface area contributed by atoms with Gasteiger partial charge in [-0.1, -0.05) is 29.3 Å². The van der Waals surface area contributed by atoms with Crippen molar-refractivity contribution in [2.45, 2.75) is 44.0 Å². The average Bonchev–Trinajstić information content (AvgIpc) is 2.39. The minimum atomic E-state index is -0.376. The number of hydrogen-bond acceptors (Lipinski definition) is 3. The van der Waals surface area contributed by atoms with Crippen molar-refractivity contribution in [1.82, 2.24) is 0 Å². The molecule has 1 saturated carbocycles. The lowest BCUT2D eigenvalue weighted by atomic mass is 9.88. The van der Waals surface area contributed by atoms with E-state index in [4.69, 9.17) is 4.74 Å². The van der Waals surface area contributed by atoms with Crippen molar-refractivity contribution in [2.24, 2.45) is 5.92 Å². The molecule has 19 heavy (non-hydrogen) atoms. The van der Waals surface area contributed by atoms with Gasteiger partial charge in [-0.05, 0) is 31.2 Å². The second-order valence-corrected chi connectivity index (χ2v) is 5.76. The monoisotopic (exact) mass is 327 g/mol. The van der Waals surface area contributed by atoms with Crippen LogP contribution in [-0.2, 0) is 5.33 Å². The Morgan fingerprint density at radius 3 is 2.89 bits per heavy atom. The molecular weight excluding hydrogens is 310 g/mol. The van der Waals surface area contributed by atoms with E-state index in [-0.39, 0.29) is 16.7 Å². The molecule has 1 aliphatic rings. The molecule has 1 aliphatic carbocycles. The summed E-state index contributed by atoms with van der Waals surface area (Å²) < 4.78 is 6.03. The van der Waals surface area contributed by atoms with Gasteiger partial charge >= 0.3 is 0 Å². The number of benzene rings is 1. The van der Waals surface area contributed by atoms with Crippen LogP contribution in [0.5, 0.6) is 5.75 Å². The molecule has 1 aromatic carbocycles. The summed E-state index contributed by atoms with van der Waals surface area (Å²) in [7, 11) is 0. The van der Waals surface area contributed by atoms with Gasteiger partial charge in [0, 0.05) is 23.0 Å². The number of hydrogen-bond donors (Lipinski definition) is 0. The lowest BCUT2D eigenvalue weighted by Gasteiger charge is -2.28. The number of alkyl halides is 1. The number of nitrogens with zero attached hydrogens (tertiary/aromatic N) is 1. The number of nitro benzene ring substituents is 1. The third-order valence-electron chi connectivity index (χ3n) is 3.58. The molecule has 2 unspecified atom stereocenters. The van der Waals surface area contributed by atoms with Crippen LogP contribution in [0.3, 0.4) is 0 Å². The Hall–Kier alpha value is -1.10. The van der Waals surface area contributed by atoms with E-state index in [0.717, 1.165) is 24.2 Å². The normalized spacial score (nSPS) is 23.1. The molecule has 0 amide bonds. The molecule has 0 N–H and O–H groups in total. The first-order chi connectivity index (χ1) is 9.10. The van der Waals surface area contributed by atoms with Gasteiger partial charge in [-0.2, -0.15) is 0 Å². The minimum absolute atomic E-state index is 0.110. The molecule has 0 heterocycles. The smallest absolute Gasteiger partial charge is 0.270 e. The summed E-state index contributed by atoms with van der Waals surface area (Å²) in [6, 6.07) is 4.80. The van der Waals surface area contributed by atoms with Gasteiger partial charge in [-0.3, -0.25) is 10.1 Å². The number of nitro groups is 1. The molecule has 0 radical (unpaired) electrons. The van der Waals surface area contributed by atoms with Gasteiger partial charge < -0.3 is 4.74 Å². The molecule has 0 aliphatic heterocycles. The van der Waals surface area contributed by atoms with E-state index in [1.165, 1.54) is 18.9 Å². The van der Waals surface area contributed by atoms with E-state index in [0.29, 0.717) is 11.2 Å². The number of non-ortho nitro benzene ring substituents is 1. The minimum Gasteiger partial charge on any atom is -0.490 e. The maximum absolute atomic E-state index is 10.8. The van der Waals surface area contributed by atoms with Crippen molar-refractivity contribution in [2.75, 3.05) is 0 Å². The van der Waals surface area contributed by atoms with E-state index < -0.39 is 0 Å². The van der Waals surface area contributed by atoms with Gasteiger partial charge in [-0.25, -0.2) is 0 Å². The molecule has 4 nitrogen and oxygen atoms in total. The summed E-state index contributed by atoms with van der Waals surface area (Å²) in [6.45, 7) is 2.25. The highest BCUT2D eigenvalue weighted by molar-refractivity contribution is 9.08. The van der Waals surface area contributed by atoms with Crippen molar-refractivity contribution in [3.8, 4) is 5.75 Å². The first-order valence-corrected chi connectivity index (χ1v) is 7.72. The number of rotatable bonds is 4. The highest BCUT2D eigenvalue weighted by Gasteiger charge is 2.21. The van der Waals surface area contributed by atoms with Crippen molar-refractivity contribution in [3.63, 3.8) is 0 Å². The Labute approximate surface area is 121 Å². The van der Waals surface area contributed by atoms with E-state index in [1.54, 1.807) is 12.1 Å². The van der Waals surface area contributed by atoms with Crippen LogP contribution >= 0.6 is 15.9 Å². The Morgan fingerprint density at radius 2 is 2.26 bits per heavy atom. The quantitative estimate of drug-likeness (QED) is 0.466. The summed E-state index contributed by atoms with van der Waals surface area (Å²) in [4.78, 5) is 10.4. The van der Waals surface area contributed by atoms with E-state index in [2.05, 4.69) is 22.9 Å². The van der Waals surface area contributed by atoms with Crippen LogP contribution in [0, 0.1) is 16.0 Å². The molecule has 0 bridgehead atoms. The molecule has 0 spiro atoms. The third-order valence-corrected chi connectivity index (χ3v) is 4.18. The first-order valence-electron chi connectivity index (χ1n) is 6.60. The van der Waals surface area contributed by atoms with Crippen molar-refractivity contribution < 1.29 is 9.66 Å². The predicted octanol–water partition coefficient (Wildman–Crippen LogP) is 4.45. The molecule has 0 saturated heterocycles. The molecule has 104 valence electrons. The first kappa shape index (κ1) is 14.3. The van der Waals surface area contributed by atoms with Crippen LogP contribution in [0.2, 0.25) is 0 Å². The van der Waals surface area contributed by atoms with Gasteiger partial charge in [-0.15, -0.1) is 0 Å². The molecule has 2 atom stereocenters. The topological polar surface area (TPSA) is 52.4 Å². The molecule has 5 heteroatoms. The summed E-state index contributed by atoms with van der Waals surface area (Å²) in [5.74, 6) is 1.46. The van der Waals surface area contributed by atoms with Crippen LogP contribution in [0.15, 0.2) is 18.2 Å². The zero-order valence-corrected chi connectivity index (χ0v) is 12.6. The van der Waals surface area contributed by atoms with Gasteiger partial charge in [0.2, 0.25) is 0 Å². The Bertz CT molecular complexity index is 464. The zero-order chi connectivity index (χ0) is 13.8. The van der Waals surface area contributed by atoms with Crippen molar-refractivity contribution >= 4 is 21.6 Å². The Kier molecular flexibility index (Phi) is 4.80. The van der Waals surface area contributed by atoms with Gasteiger partial charge in [0.05, 0.1) is 11.0 Å². The number of ether oxygens (including phenoxy) is 1. The van der Waals surface area contributed by atoms with Gasteiger partial charge in [0.1, 0.15) is 5.75 Å². The summed E-state index contributed by atoms with van der Waals surface area (Å²) in [5.41, 5.74) is 0.950. The van der Waals surface area contributed by atoms with Crippen molar-refractivity contribution in [3.05, 3.63) is 33.9 Å². The third kappa shape index (κ3) is 3.69. The van der Waals surface area contributed by atoms with Crippen molar-refractivity contribution in [1.29, 1.82) is 0 Å². The fourth-order valence-electron chi connectivity index (χ4n) is 2.56. The molecule has 2 rings (SSSR count). The standard InChI is InChI=1S/C14H18BrNO3/c1-10-3-2-4-13(7-10)19-14-6-5-12(16(17)18)8-11(14)9-15/h5-6,8,10,13H,2-4,7,9H2,1H3. The zero-order valence-electron chi connectivity index (χ0n) is 11.0. The summed E-state index contributed by atoms with van der Waals surface area (Å²) in [5, 5.41) is 11.3. The highest BCUT2D eigenvalue weighted by Crippen LogP contribution is 2.31. The fourth-order valence-corrected chi connectivity index (χ4v) is 3.00. The lowest BCUT2D eigenvalue weighted by Crippen LogP contribution is -2.24. The van der Waals surface area contributed by atoms with E-state index >= 15 is 0 Å². The summed E-state index contributed by atoms with van der Waals surface area (Å²) in [6.07, 6.45) is 4.85. The second kappa shape index (κ2) is 6.37. The maximum Gasteiger partial charge on any atom is 0.270 e. The van der Waals surface area contributed by atoms with Gasteiger partial charge in [0.15, 0.2) is 0 Å². The SMILES string of the molecule is CC1CCCC(Oc2ccc([N+](=O)[O-])cc2CBr)C1. The lowest BCUT2D eigenvalue weighted by molar-refractivity contribution is -0.384. The van der Waals surface area contributed by atoms with E-state index in [1.807, 2.05) is 0 Å². The highest BCUT2D eigenvalue weighted by atomic mass is 79.9. The van der Waals surface area contributed by atoms with Crippen LogP contribution in [0.25, 0.3) is 0 Å². The second-order valence-electron chi connectivity index (χ2n) is 5.19. The van der Waals surface area contributed by atoms with E-state index in [9.17, 15) is 10.1 Å². The molecule has 1 fully saturated rings. The molecule has 0 aromatic heterocycles. The summed E-state index contributed by atoms with van der Waals surface area (Å²) >= 11 is 3.37. The Balaban J connectivity index is 2.13. The maximum atomic E-state index is 10.8. The molecular formula is C14H18BrNO3. The van der Waals surface area contributed by atoms with Crippen LogP contribution in [0.4, 0.5) is 5.69 Å². The number of halogens is 1. The van der Waals surface area contributed by atoms with Crippen LogP contribution < -0.4 is 4.74 Å².